The van der Waals surface area contributed by atoms with Crippen molar-refractivity contribution in [1.29, 1.82) is 0 Å². The van der Waals surface area contributed by atoms with Gasteiger partial charge in [0, 0.05) is 12.5 Å². The Labute approximate surface area is 165 Å². The van der Waals surface area contributed by atoms with Gasteiger partial charge in [-0.1, -0.05) is 11.6 Å². The minimum absolute atomic E-state index is 0.0313. The summed E-state index contributed by atoms with van der Waals surface area (Å²) in [6.07, 6.45) is 1.43. The highest BCUT2D eigenvalue weighted by Crippen LogP contribution is 2.38. The van der Waals surface area contributed by atoms with Crippen molar-refractivity contribution >= 4 is 33.3 Å². The predicted molar refractivity (Wildman–Crippen MR) is 96.3 cm³/mol. The van der Waals surface area contributed by atoms with Crippen LogP contribution in [0.4, 0.5) is 14.5 Å². The third-order valence-corrected chi connectivity index (χ3v) is 6.42. The SMILES string of the molecule is CCOC(=O)C1=CC2(CCC1S(=O)(=O)Nc1c(F)cc(F)cc1Cl)OCCO2. The van der Waals surface area contributed by atoms with Gasteiger partial charge >= 0.3 is 5.97 Å². The van der Waals surface area contributed by atoms with Gasteiger partial charge in [-0.15, -0.1) is 0 Å². The molecule has 0 saturated carbocycles. The summed E-state index contributed by atoms with van der Waals surface area (Å²) in [5, 5.41) is -1.80. The van der Waals surface area contributed by atoms with E-state index in [9.17, 15) is 22.0 Å². The van der Waals surface area contributed by atoms with Crippen molar-refractivity contribution in [2.45, 2.75) is 30.8 Å². The van der Waals surface area contributed by atoms with Gasteiger partial charge in [0.05, 0.1) is 30.4 Å². The fourth-order valence-electron chi connectivity index (χ4n) is 3.17. The van der Waals surface area contributed by atoms with Crippen LogP contribution >= 0.6 is 11.6 Å². The molecule has 1 N–H and O–H groups in total. The van der Waals surface area contributed by atoms with E-state index < -0.39 is 49.4 Å². The number of hydrogen-bond acceptors (Lipinski definition) is 6. The lowest BCUT2D eigenvalue weighted by atomic mass is 9.94. The number of anilines is 1. The first-order valence-electron chi connectivity index (χ1n) is 8.51. The zero-order chi connectivity index (χ0) is 20.5. The highest BCUT2D eigenvalue weighted by Gasteiger charge is 2.46. The summed E-state index contributed by atoms with van der Waals surface area (Å²) in [6, 6.07) is 1.28. The van der Waals surface area contributed by atoms with Crippen LogP contribution < -0.4 is 4.72 Å². The lowest BCUT2D eigenvalue weighted by Gasteiger charge is -2.33. The summed E-state index contributed by atoms with van der Waals surface area (Å²) < 4.78 is 71.1. The third-order valence-electron chi connectivity index (χ3n) is 4.39. The van der Waals surface area contributed by atoms with Gasteiger partial charge in [-0.3, -0.25) is 4.72 Å². The number of nitrogens with one attached hydrogen (secondary N) is 1. The maximum absolute atomic E-state index is 14.0. The highest BCUT2D eigenvalue weighted by molar-refractivity contribution is 7.93. The standard InChI is InChI=1S/C17H18ClF2NO6S/c1-2-25-16(22)11-9-17(26-5-6-27-17)4-3-14(11)28(23,24)21-15-12(18)7-10(19)8-13(15)20/h7-9,14,21H,2-6H2,1H3. The van der Waals surface area contributed by atoms with Crippen LogP contribution in [0.1, 0.15) is 19.8 Å². The van der Waals surface area contributed by atoms with Crippen LogP contribution in [0.3, 0.4) is 0 Å². The average molecular weight is 438 g/mol. The first-order chi connectivity index (χ1) is 13.2. The van der Waals surface area contributed by atoms with E-state index in [2.05, 4.69) is 0 Å². The first-order valence-corrected chi connectivity index (χ1v) is 10.4. The maximum Gasteiger partial charge on any atom is 0.335 e. The van der Waals surface area contributed by atoms with Crippen molar-refractivity contribution in [3.63, 3.8) is 0 Å². The fourth-order valence-corrected chi connectivity index (χ4v) is 5.03. The van der Waals surface area contributed by atoms with E-state index >= 15 is 0 Å². The predicted octanol–water partition coefficient (Wildman–Crippen LogP) is 2.75. The van der Waals surface area contributed by atoms with Gasteiger partial charge in [0.15, 0.2) is 11.6 Å². The Morgan fingerprint density at radius 1 is 1.36 bits per heavy atom. The molecule has 0 bridgehead atoms. The van der Waals surface area contributed by atoms with E-state index in [4.69, 9.17) is 25.8 Å². The number of sulfonamides is 1. The van der Waals surface area contributed by atoms with Crippen molar-refractivity contribution in [2.24, 2.45) is 0 Å². The van der Waals surface area contributed by atoms with Crippen LogP contribution in [0.5, 0.6) is 0 Å². The molecule has 1 heterocycles. The molecule has 1 saturated heterocycles. The topological polar surface area (TPSA) is 90.9 Å². The molecule has 1 aromatic carbocycles. The molecule has 1 unspecified atom stereocenters. The van der Waals surface area contributed by atoms with Crippen LogP contribution in [0, 0.1) is 11.6 Å². The van der Waals surface area contributed by atoms with E-state index in [1.165, 1.54) is 6.08 Å². The summed E-state index contributed by atoms with van der Waals surface area (Å²) in [4.78, 5) is 12.4. The van der Waals surface area contributed by atoms with Crippen LogP contribution in [0.15, 0.2) is 23.8 Å². The number of ether oxygens (including phenoxy) is 3. The van der Waals surface area contributed by atoms with Crippen molar-refractivity contribution in [3.8, 4) is 0 Å². The summed E-state index contributed by atoms with van der Waals surface area (Å²) >= 11 is 5.77. The number of carbonyl (C=O) groups excluding carboxylic acids is 1. The van der Waals surface area contributed by atoms with Crippen LogP contribution in [-0.4, -0.2) is 45.2 Å². The summed E-state index contributed by atoms with van der Waals surface area (Å²) in [5.41, 5.74) is -0.777. The van der Waals surface area contributed by atoms with Gasteiger partial charge in [0.25, 0.3) is 0 Å². The Kier molecular flexibility index (Phi) is 5.95. The molecule has 1 aliphatic heterocycles. The molecule has 0 aromatic heterocycles. The molecule has 7 nitrogen and oxygen atoms in total. The molecule has 28 heavy (non-hydrogen) atoms. The van der Waals surface area contributed by atoms with Gasteiger partial charge < -0.3 is 14.2 Å². The molecule has 3 rings (SSSR count). The van der Waals surface area contributed by atoms with Crippen molar-refractivity contribution in [3.05, 3.63) is 40.4 Å². The Bertz CT molecular complexity index is 891. The smallest absolute Gasteiger partial charge is 0.335 e. The van der Waals surface area contributed by atoms with E-state index in [1.807, 2.05) is 4.72 Å². The molecular formula is C17H18ClF2NO6S. The molecule has 0 radical (unpaired) electrons. The summed E-state index contributed by atoms with van der Waals surface area (Å²) in [5.74, 6) is -4.16. The molecule has 11 heteroatoms. The second-order valence-corrected chi connectivity index (χ2v) is 8.52. The Morgan fingerprint density at radius 3 is 2.64 bits per heavy atom. The molecule has 1 aromatic rings. The number of hydrogen-bond donors (Lipinski definition) is 1. The third kappa shape index (κ3) is 4.14. The monoisotopic (exact) mass is 437 g/mol. The van der Waals surface area contributed by atoms with Crippen LogP contribution in [-0.2, 0) is 29.0 Å². The van der Waals surface area contributed by atoms with Crippen molar-refractivity contribution in [1.82, 2.24) is 0 Å². The minimum atomic E-state index is -4.33. The van der Waals surface area contributed by atoms with Crippen LogP contribution in [0.25, 0.3) is 0 Å². The van der Waals surface area contributed by atoms with E-state index in [0.717, 1.165) is 6.07 Å². The second kappa shape index (κ2) is 7.94. The summed E-state index contributed by atoms with van der Waals surface area (Å²) in [7, 11) is -4.33. The zero-order valence-corrected chi connectivity index (χ0v) is 16.4. The number of esters is 1. The van der Waals surface area contributed by atoms with E-state index in [-0.39, 0.29) is 25.0 Å². The van der Waals surface area contributed by atoms with Gasteiger partial charge in [0.1, 0.15) is 16.8 Å². The Balaban J connectivity index is 1.96. The largest absolute Gasteiger partial charge is 0.463 e. The highest BCUT2D eigenvalue weighted by atomic mass is 35.5. The molecule has 2 aliphatic rings. The average Bonchev–Trinajstić information content (AvgIpc) is 3.06. The summed E-state index contributed by atoms with van der Waals surface area (Å²) in [6.45, 7) is 2.22. The number of carbonyl (C=O) groups is 1. The number of benzene rings is 1. The number of rotatable bonds is 5. The Hall–Kier alpha value is -1.75. The first kappa shape index (κ1) is 21.0. The molecule has 1 atom stereocenters. The van der Waals surface area contributed by atoms with Crippen molar-refractivity contribution < 1.29 is 36.2 Å². The van der Waals surface area contributed by atoms with Gasteiger partial charge in [-0.05, 0) is 25.5 Å². The lowest BCUT2D eigenvalue weighted by Crippen LogP contribution is -2.42. The maximum atomic E-state index is 14.0. The zero-order valence-electron chi connectivity index (χ0n) is 14.8. The van der Waals surface area contributed by atoms with E-state index in [0.29, 0.717) is 19.3 Å². The molecular weight excluding hydrogens is 420 g/mol. The van der Waals surface area contributed by atoms with Crippen molar-refractivity contribution in [2.75, 3.05) is 24.5 Å². The second-order valence-electron chi connectivity index (χ2n) is 6.25. The molecule has 1 spiro atoms. The van der Waals surface area contributed by atoms with Gasteiger partial charge in [0.2, 0.25) is 10.0 Å². The molecule has 0 amide bonds. The van der Waals surface area contributed by atoms with Gasteiger partial charge in [-0.25, -0.2) is 22.0 Å². The van der Waals surface area contributed by atoms with Crippen LogP contribution in [0.2, 0.25) is 5.02 Å². The van der Waals surface area contributed by atoms with Gasteiger partial charge in [-0.2, -0.15) is 0 Å². The Morgan fingerprint density at radius 2 is 2.04 bits per heavy atom. The fraction of sp³-hybridized carbons (Fsp3) is 0.471. The quantitative estimate of drug-likeness (QED) is 0.712. The number of halogens is 3. The molecule has 154 valence electrons. The van der Waals surface area contributed by atoms with E-state index in [1.54, 1.807) is 6.92 Å². The minimum Gasteiger partial charge on any atom is -0.463 e. The normalized spacial score (nSPS) is 21.4. The lowest BCUT2D eigenvalue weighted by molar-refractivity contribution is -0.143. The molecule has 1 aliphatic carbocycles. The molecule has 1 fully saturated rings.